The van der Waals surface area contributed by atoms with Crippen LogP contribution in [0.15, 0.2) is 0 Å². The van der Waals surface area contributed by atoms with Gasteiger partial charge in [0.2, 0.25) is 0 Å². The van der Waals surface area contributed by atoms with Crippen molar-refractivity contribution in [2.24, 2.45) is 0 Å². The third-order valence-electron chi connectivity index (χ3n) is 1.17. The summed E-state index contributed by atoms with van der Waals surface area (Å²) < 4.78 is 4.93. The quantitative estimate of drug-likeness (QED) is 0.564. The molecule has 0 saturated carbocycles. The highest BCUT2D eigenvalue weighted by atomic mass is 16.6. The first kappa shape index (κ1) is 9.47. The van der Waals surface area contributed by atoms with Crippen molar-refractivity contribution in [3.8, 4) is 0 Å². The molecule has 0 aliphatic carbocycles. The van der Waals surface area contributed by atoms with Gasteiger partial charge in [-0.3, -0.25) is 4.79 Å². The van der Waals surface area contributed by atoms with Gasteiger partial charge >= 0.3 is 5.97 Å². The van der Waals surface area contributed by atoms with Gasteiger partial charge in [-0.25, -0.2) is 0 Å². The van der Waals surface area contributed by atoms with E-state index in [0.717, 1.165) is 12.8 Å². The summed E-state index contributed by atoms with van der Waals surface area (Å²) >= 11 is 0. The number of esters is 1. The first-order valence-corrected chi connectivity index (χ1v) is 3.53. The summed E-state index contributed by atoms with van der Waals surface area (Å²) in [5, 5.41) is 0. The van der Waals surface area contributed by atoms with E-state index < -0.39 is 5.60 Å². The van der Waals surface area contributed by atoms with Crippen molar-refractivity contribution in [1.82, 2.24) is 0 Å². The van der Waals surface area contributed by atoms with Crippen LogP contribution in [-0.2, 0) is 9.53 Å². The first-order valence-electron chi connectivity index (χ1n) is 3.53. The van der Waals surface area contributed by atoms with Crippen LogP contribution in [0.3, 0.4) is 0 Å². The number of hydrogen-bond acceptors (Lipinski definition) is 2. The molecule has 0 spiro atoms. The van der Waals surface area contributed by atoms with Crippen LogP contribution >= 0.6 is 0 Å². The molecule has 0 saturated heterocycles. The zero-order valence-corrected chi connectivity index (χ0v) is 6.94. The van der Waals surface area contributed by atoms with Crippen molar-refractivity contribution in [2.45, 2.75) is 39.2 Å². The van der Waals surface area contributed by atoms with Gasteiger partial charge in [0.1, 0.15) is 5.60 Å². The molecule has 0 bridgehead atoms. The lowest BCUT2D eigenvalue weighted by Gasteiger charge is -2.23. The summed E-state index contributed by atoms with van der Waals surface area (Å²) in [6.45, 7) is 9.01. The van der Waals surface area contributed by atoms with Crippen LogP contribution in [0.2, 0.25) is 0 Å². The SMILES string of the molecule is [CH2]C(C)(CCC)OC(C)=O. The van der Waals surface area contributed by atoms with E-state index in [-0.39, 0.29) is 5.97 Å². The van der Waals surface area contributed by atoms with Gasteiger partial charge < -0.3 is 4.74 Å². The van der Waals surface area contributed by atoms with Crippen LogP contribution < -0.4 is 0 Å². The molecule has 0 N–H and O–H groups in total. The van der Waals surface area contributed by atoms with Gasteiger partial charge in [-0.05, 0) is 20.3 Å². The maximum Gasteiger partial charge on any atom is 0.303 e. The highest BCUT2D eigenvalue weighted by molar-refractivity contribution is 5.66. The minimum absolute atomic E-state index is 0.258. The second-order valence-electron chi connectivity index (χ2n) is 2.79. The van der Waals surface area contributed by atoms with Crippen LogP contribution in [-0.4, -0.2) is 11.6 Å². The van der Waals surface area contributed by atoms with Gasteiger partial charge in [0.05, 0.1) is 0 Å². The summed E-state index contributed by atoms with van der Waals surface area (Å²) in [4.78, 5) is 10.5. The van der Waals surface area contributed by atoms with E-state index in [4.69, 9.17) is 4.74 Å². The highest BCUT2D eigenvalue weighted by Gasteiger charge is 2.19. The number of ether oxygens (including phenoxy) is 1. The second kappa shape index (κ2) is 3.59. The van der Waals surface area contributed by atoms with Crippen molar-refractivity contribution in [3.63, 3.8) is 0 Å². The maximum absolute atomic E-state index is 10.5. The fraction of sp³-hybridized carbons (Fsp3) is 0.750. The molecule has 0 aromatic rings. The molecule has 1 atom stereocenters. The van der Waals surface area contributed by atoms with Crippen molar-refractivity contribution >= 4 is 5.97 Å². The lowest BCUT2D eigenvalue weighted by molar-refractivity contribution is -0.151. The fourth-order valence-electron chi connectivity index (χ4n) is 0.927. The van der Waals surface area contributed by atoms with Gasteiger partial charge in [-0.1, -0.05) is 13.3 Å². The number of hydrogen-bond donors (Lipinski definition) is 0. The molecular weight excluding hydrogens is 128 g/mol. The molecule has 0 fully saturated rings. The number of rotatable bonds is 3. The molecule has 0 amide bonds. The maximum atomic E-state index is 10.5. The largest absolute Gasteiger partial charge is 0.460 e. The van der Waals surface area contributed by atoms with Crippen molar-refractivity contribution in [2.75, 3.05) is 0 Å². The monoisotopic (exact) mass is 143 g/mol. The topological polar surface area (TPSA) is 26.3 Å². The van der Waals surface area contributed by atoms with Gasteiger partial charge in [-0.15, -0.1) is 0 Å². The zero-order chi connectivity index (χ0) is 8.20. The number of carbonyl (C=O) groups is 1. The van der Waals surface area contributed by atoms with Gasteiger partial charge in [0.25, 0.3) is 0 Å². The van der Waals surface area contributed by atoms with E-state index in [1.54, 1.807) is 0 Å². The molecule has 0 aromatic heterocycles. The minimum Gasteiger partial charge on any atom is -0.460 e. The average molecular weight is 143 g/mol. The average Bonchev–Trinajstić information content (AvgIpc) is 1.59. The van der Waals surface area contributed by atoms with E-state index in [1.165, 1.54) is 6.92 Å². The molecule has 0 heterocycles. The lowest BCUT2D eigenvalue weighted by Crippen LogP contribution is -2.26. The van der Waals surface area contributed by atoms with Crippen molar-refractivity contribution < 1.29 is 9.53 Å². The van der Waals surface area contributed by atoms with Crippen LogP contribution in [0.4, 0.5) is 0 Å². The van der Waals surface area contributed by atoms with Gasteiger partial charge in [-0.2, -0.15) is 0 Å². The molecule has 0 aliphatic rings. The van der Waals surface area contributed by atoms with Crippen molar-refractivity contribution in [1.29, 1.82) is 0 Å². The van der Waals surface area contributed by atoms with Crippen LogP contribution in [0.5, 0.6) is 0 Å². The lowest BCUT2D eigenvalue weighted by atomic mass is 10.0. The van der Waals surface area contributed by atoms with E-state index in [0.29, 0.717) is 0 Å². The summed E-state index contributed by atoms with van der Waals surface area (Å²) in [7, 11) is 0. The molecule has 2 nitrogen and oxygen atoms in total. The normalized spacial score (nSPS) is 11.2. The van der Waals surface area contributed by atoms with Crippen molar-refractivity contribution in [3.05, 3.63) is 6.92 Å². The first-order chi connectivity index (χ1) is 4.48. The van der Waals surface area contributed by atoms with Crippen LogP contribution in [0, 0.1) is 6.92 Å². The summed E-state index contributed by atoms with van der Waals surface area (Å²) in [6.07, 6.45) is 1.79. The Morgan fingerprint density at radius 2 is 2.20 bits per heavy atom. The predicted molar refractivity (Wildman–Crippen MR) is 40.4 cm³/mol. The fourth-order valence-corrected chi connectivity index (χ4v) is 0.927. The van der Waals surface area contributed by atoms with Gasteiger partial charge in [0, 0.05) is 6.92 Å². The number of carbonyl (C=O) groups excluding carboxylic acids is 1. The molecular formula is C8H15O2. The Morgan fingerprint density at radius 1 is 1.70 bits per heavy atom. The van der Waals surface area contributed by atoms with Crippen LogP contribution in [0.1, 0.15) is 33.6 Å². The molecule has 1 unspecified atom stereocenters. The summed E-state index contributed by atoms with van der Waals surface area (Å²) in [5.74, 6) is -0.258. The minimum atomic E-state index is -0.527. The standard InChI is InChI=1S/C8H15O2/c1-5-6-8(3,4)10-7(2)9/h3,5-6H2,1-2,4H3. The van der Waals surface area contributed by atoms with E-state index >= 15 is 0 Å². The third-order valence-corrected chi connectivity index (χ3v) is 1.17. The van der Waals surface area contributed by atoms with Gasteiger partial charge in [0.15, 0.2) is 0 Å². The summed E-state index contributed by atoms with van der Waals surface area (Å²) in [6, 6.07) is 0. The molecule has 10 heavy (non-hydrogen) atoms. The molecule has 1 radical (unpaired) electrons. The molecule has 0 rings (SSSR count). The smallest absolute Gasteiger partial charge is 0.303 e. The Bertz CT molecular complexity index is 116. The van der Waals surface area contributed by atoms with Crippen LogP contribution in [0.25, 0.3) is 0 Å². The second-order valence-corrected chi connectivity index (χ2v) is 2.79. The molecule has 2 heteroatoms. The molecule has 59 valence electrons. The van der Waals surface area contributed by atoms with E-state index in [9.17, 15) is 4.79 Å². The third kappa shape index (κ3) is 4.36. The molecule has 0 aromatic carbocycles. The Kier molecular flexibility index (Phi) is 3.40. The Labute approximate surface area is 62.6 Å². The highest BCUT2D eigenvalue weighted by Crippen LogP contribution is 2.15. The van der Waals surface area contributed by atoms with E-state index in [1.807, 2.05) is 13.8 Å². The Hall–Kier alpha value is -0.530. The van der Waals surface area contributed by atoms with E-state index in [2.05, 4.69) is 6.92 Å². The Morgan fingerprint density at radius 3 is 2.50 bits per heavy atom. The zero-order valence-electron chi connectivity index (χ0n) is 6.94. The predicted octanol–water partition coefficient (Wildman–Crippen LogP) is 1.94. The molecule has 0 aliphatic heterocycles. The summed E-state index contributed by atoms with van der Waals surface area (Å²) in [5.41, 5.74) is -0.527. The Balaban J connectivity index is 3.74.